The predicted octanol–water partition coefficient (Wildman–Crippen LogP) is 5.12. The fraction of sp³-hybridized carbons (Fsp3) is 0.276. The third-order valence-corrected chi connectivity index (χ3v) is 5.80. The highest BCUT2D eigenvalue weighted by Gasteiger charge is 2.42. The molecule has 0 amide bonds. The summed E-state index contributed by atoms with van der Waals surface area (Å²) in [4.78, 5) is 38.6. The molecule has 0 saturated carbocycles. The van der Waals surface area contributed by atoms with Gasteiger partial charge < -0.3 is 23.7 Å². The molecule has 0 aliphatic rings. The van der Waals surface area contributed by atoms with Crippen molar-refractivity contribution in [1.29, 1.82) is 0 Å². The van der Waals surface area contributed by atoms with E-state index in [1.807, 2.05) is 0 Å². The maximum atomic E-state index is 14.1. The molecule has 0 fully saturated rings. The van der Waals surface area contributed by atoms with Crippen LogP contribution in [0.25, 0.3) is 0 Å². The zero-order chi connectivity index (χ0) is 26.9. The molecule has 0 radical (unpaired) electrons. The van der Waals surface area contributed by atoms with Crippen LogP contribution < -0.4 is 14.2 Å². The quantitative estimate of drug-likeness (QED) is 0.261. The van der Waals surface area contributed by atoms with E-state index in [0.717, 1.165) is 0 Å². The number of rotatable bonds is 11. The van der Waals surface area contributed by atoms with E-state index in [0.29, 0.717) is 33.9 Å². The highest BCUT2D eigenvalue weighted by Crippen LogP contribution is 2.41. The monoisotopic (exact) mass is 506 g/mol. The lowest BCUT2D eigenvalue weighted by atomic mass is 9.81. The Labute approximate surface area is 216 Å². The number of Topliss-reactive ketones (excluding diaryl/α,β-unsaturated/α-hetero) is 1. The summed E-state index contributed by atoms with van der Waals surface area (Å²) in [7, 11) is 4.60. The molecule has 37 heavy (non-hydrogen) atoms. The van der Waals surface area contributed by atoms with Crippen LogP contribution in [-0.2, 0) is 19.1 Å². The second-order valence-corrected chi connectivity index (χ2v) is 8.22. The maximum Gasteiger partial charge on any atom is 0.303 e. The van der Waals surface area contributed by atoms with Crippen LogP contribution in [-0.4, -0.2) is 39.1 Å². The molecule has 3 aromatic carbocycles. The lowest BCUT2D eigenvalue weighted by molar-refractivity contribution is -0.157. The van der Waals surface area contributed by atoms with Gasteiger partial charge >= 0.3 is 11.9 Å². The first-order chi connectivity index (χ1) is 17.8. The van der Waals surface area contributed by atoms with Crippen LogP contribution in [0.4, 0.5) is 0 Å². The van der Waals surface area contributed by atoms with Crippen molar-refractivity contribution in [2.24, 2.45) is 5.92 Å². The van der Waals surface area contributed by atoms with Gasteiger partial charge in [-0.3, -0.25) is 14.4 Å². The Morgan fingerprint density at radius 2 is 0.865 bits per heavy atom. The second-order valence-electron chi connectivity index (χ2n) is 8.22. The Morgan fingerprint density at radius 1 is 0.541 bits per heavy atom. The van der Waals surface area contributed by atoms with Crippen LogP contribution in [0.3, 0.4) is 0 Å². The van der Waals surface area contributed by atoms with Crippen molar-refractivity contribution in [3.05, 3.63) is 89.5 Å². The number of hydrogen-bond donors (Lipinski definition) is 0. The Kier molecular flexibility index (Phi) is 9.27. The summed E-state index contributed by atoms with van der Waals surface area (Å²) in [5, 5.41) is 0. The van der Waals surface area contributed by atoms with E-state index in [9.17, 15) is 14.4 Å². The van der Waals surface area contributed by atoms with Gasteiger partial charge in [-0.25, -0.2) is 0 Å². The standard InChI is InChI=1S/C29H30O8/c1-18(30)36-28(21-8-14-24(34-4)15-9-21)26(27(32)20-6-12-23(33-3)13-7-20)29(37-19(2)31)22-10-16-25(35-5)17-11-22/h6-17,26,28-29H,1-5H3/t26?,28-,29+. The van der Waals surface area contributed by atoms with Crippen LogP contribution in [0, 0.1) is 5.92 Å². The second kappa shape index (κ2) is 12.6. The van der Waals surface area contributed by atoms with E-state index in [1.165, 1.54) is 35.2 Å². The zero-order valence-corrected chi connectivity index (χ0v) is 21.4. The van der Waals surface area contributed by atoms with Gasteiger partial charge in [0.15, 0.2) is 5.78 Å². The van der Waals surface area contributed by atoms with Crippen molar-refractivity contribution in [2.75, 3.05) is 21.3 Å². The zero-order valence-electron chi connectivity index (χ0n) is 21.4. The van der Waals surface area contributed by atoms with Gasteiger partial charge in [-0.1, -0.05) is 24.3 Å². The molecule has 3 rings (SSSR count). The van der Waals surface area contributed by atoms with E-state index in [4.69, 9.17) is 23.7 Å². The normalized spacial score (nSPS) is 13.0. The first-order valence-electron chi connectivity index (χ1n) is 11.6. The van der Waals surface area contributed by atoms with Crippen molar-refractivity contribution < 1.29 is 38.1 Å². The first kappa shape index (κ1) is 27.3. The lowest BCUT2D eigenvalue weighted by Gasteiger charge is -2.32. The van der Waals surface area contributed by atoms with Crippen LogP contribution >= 0.6 is 0 Å². The minimum absolute atomic E-state index is 0.335. The van der Waals surface area contributed by atoms with Crippen LogP contribution in [0.2, 0.25) is 0 Å². The molecule has 194 valence electrons. The molecule has 0 spiro atoms. The molecule has 0 aliphatic carbocycles. The predicted molar refractivity (Wildman–Crippen MR) is 136 cm³/mol. The van der Waals surface area contributed by atoms with Crippen molar-refractivity contribution in [3.63, 3.8) is 0 Å². The molecule has 0 aliphatic heterocycles. The number of benzene rings is 3. The largest absolute Gasteiger partial charge is 0.497 e. The summed E-state index contributed by atoms with van der Waals surface area (Å²) in [6.07, 6.45) is -2.16. The summed E-state index contributed by atoms with van der Waals surface area (Å²) in [6.45, 7) is 2.53. The molecule has 0 saturated heterocycles. The molecular formula is C29H30O8. The van der Waals surface area contributed by atoms with Gasteiger partial charge in [-0.15, -0.1) is 0 Å². The molecule has 8 nitrogen and oxygen atoms in total. The van der Waals surface area contributed by atoms with Crippen molar-refractivity contribution in [3.8, 4) is 17.2 Å². The summed E-state index contributed by atoms with van der Waals surface area (Å²) < 4.78 is 27.2. The maximum absolute atomic E-state index is 14.1. The van der Waals surface area contributed by atoms with Crippen molar-refractivity contribution >= 4 is 17.7 Å². The number of ketones is 1. The number of ether oxygens (including phenoxy) is 5. The van der Waals surface area contributed by atoms with Crippen LogP contribution in [0.15, 0.2) is 72.8 Å². The van der Waals surface area contributed by atoms with Gasteiger partial charge in [-0.05, 0) is 59.7 Å². The van der Waals surface area contributed by atoms with Gasteiger partial charge in [0.25, 0.3) is 0 Å². The molecular weight excluding hydrogens is 476 g/mol. The third kappa shape index (κ3) is 6.88. The fourth-order valence-corrected chi connectivity index (χ4v) is 4.02. The minimum Gasteiger partial charge on any atom is -0.497 e. The number of carbonyl (C=O) groups excluding carboxylic acids is 3. The van der Waals surface area contributed by atoms with Crippen LogP contribution in [0.1, 0.15) is 47.5 Å². The Morgan fingerprint density at radius 3 is 1.16 bits per heavy atom. The average molecular weight is 507 g/mol. The third-order valence-electron chi connectivity index (χ3n) is 5.80. The molecule has 0 bridgehead atoms. The number of hydrogen-bond acceptors (Lipinski definition) is 8. The number of carbonyl (C=O) groups is 3. The molecule has 0 N–H and O–H groups in total. The summed E-state index contributed by atoms with van der Waals surface area (Å²) in [5.74, 6) is -0.930. The van der Waals surface area contributed by atoms with E-state index in [1.54, 1.807) is 72.8 Å². The Bertz CT molecular complexity index is 1130. The van der Waals surface area contributed by atoms with Gasteiger partial charge in [0.2, 0.25) is 0 Å². The summed E-state index contributed by atoms with van der Waals surface area (Å²) in [5.41, 5.74) is 1.41. The van der Waals surface area contributed by atoms with Gasteiger partial charge in [-0.2, -0.15) is 0 Å². The molecule has 0 heterocycles. The Hall–Kier alpha value is -4.33. The lowest BCUT2D eigenvalue weighted by Crippen LogP contribution is -2.33. The first-order valence-corrected chi connectivity index (χ1v) is 11.6. The number of methoxy groups -OCH3 is 3. The van der Waals surface area contributed by atoms with Crippen molar-refractivity contribution in [2.45, 2.75) is 26.1 Å². The SMILES string of the molecule is COc1ccc(C(=O)C([C@H](OC(C)=O)c2ccc(OC)cc2)[C@@H](OC(C)=O)c2ccc(OC)cc2)cc1. The van der Waals surface area contributed by atoms with E-state index >= 15 is 0 Å². The van der Waals surface area contributed by atoms with Gasteiger partial charge in [0.1, 0.15) is 35.4 Å². The smallest absolute Gasteiger partial charge is 0.303 e. The van der Waals surface area contributed by atoms with Crippen molar-refractivity contribution in [1.82, 2.24) is 0 Å². The van der Waals surface area contributed by atoms with E-state index in [-0.39, 0.29) is 5.78 Å². The molecule has 8 heteroatoms. The molecule has 3 atom stereocenters. The Balaban J connectivity index is 2.21. The van der Waals surface area contributed by atoms with Gasteiger partial charge in [0.05, 0.1) is 21.3 Å². The van der Waals surface area contributed by atoms with E-state index < -0.39 is 30.1 Å². The van der Waals surface area contributed by atoms with Gasteiger partial charge in [0, 0.05) is 19.4 Å². The highest BCUT2D eigenvalue weighted by atomic mass is 16.6. The fourth-order valence-electron chi connectivity index (χ4n) is 4.02. The van der Waals surface area contributed by atoms with E-state index in [2.05, 4.69) is 0 Å². The highest BCUT2D eigenvalue weighted by molar-refractivity contribution is 5.99. The topological polar surface area (TPSA) is 97.4 Å². The minimum atomic E-state index is -1.12. The summed E-state index contributed by atoms with van der Waals surface area (Å²) >= 11 is 0. The molecule has 0 aromatic heterocycles. The molecule has 3 aromatic rings. The summed E-state index contributed by atoms with van der Waals surface area (Å²) in [6, 6.07) is 20.2. The average Bonchev–Trinajstić information content (AvgIpc) is 2.91. The van der Waals surface area contributed by atoms with Crippen LogP contribution in [0.5, 0.6) is 17.2 Å². The number of esters is 2. The molecule has 1 unspecified atom stereocenters.